The van der Waals surface area contributed by atoms with E-state index in [1.54, 1.807) is 44.2 Å². The minimum absolute atomic E-state index is 0.0616. The summed E-state index contributed by atoms with van der Waals surface area (Å²) in [5.74, 6) is 1.21. The van der Waals surface area contributed by atoms with E-state index < -0.39 is 0 Å². The van der Waals surface area contributed by atoms with Crippen LogP contribution < -0.4 is 19.7 Å². The number of hydrogen-bond donors (Lipinski definition) is 1. The summed E-state index contributed by atoms with van der Waals surface area (Å²) in [7, 11) is 3.17. The first-order valence-corrected chi connectivity index (χ1v) is 10.2. The largest absolute Gasteiger partial charge is 0.497 e. The normalized spacial score (nSPS) is 12.0. The lowest BCUT2D eigenvalue weighted by Crippen LogP contribution is -2.25. The van der Waals surface area contributed by atoms with Gasteiger partial charge in [0.15, 0.2) is 0 Å². The van der Waals surface area contributed by atoms with Crippen molar-refractivity contribution in [2.24, 2.45) is 0 Å². The summed E-state index contributed by atoms with van der Waals surface area (Å²) in [6.45, 7) is 0.585. The lowest BCUT2D eigenvalue weighted by atomic mass is 10.2. The molecule has 1 aliphatic heterocycles. The zero-order valence-electron chi connectivity index (χ0n) is 16.3. The van der Waals surface area contributed by atoms with Crippen molar-refractivity contribution in [1.29, 1.82) is 0 Å². The molecule has 0 unspecified atom stereocenters. The Hall–Kier alpha value is -3.12. The van der Waals surface area contributed by atoms with Crippen LogP contribution in [-0.2, 0) is 4.79 Å². The van der Waals surface area contributed by atoms with Gasteiger partial charge in [0.2, 0.25) is 5.91 Å². The first kappa shape index (κ1) is 19.2. The van der Waals surface area contributed by atoms with Crippen molar-refractivity contribution in [2.45, 2.75) is 16.2 Å². The molecule has 6 heteroatoms. The van der Waals surface area contributed by atoms with Gasteiger partial charge >= 0.3 is 0 Å². The van der Waals surface area contributed by atoms with Gasteiger partial charge in [0.1, 0.15) is 11.5 Å². The van der Waals surface area contributed by atoms with Crippen molar-refractivity contribution >= 4 is 34.7 Å². The Balaban J connectivity index is 1.50. The number of ether oxygens (including phenoxy) is 2. The molecule has 29 heavy (non-hydrogen) atoms. The SMILES string of the molecule is COc1cc(NC(=O)CCN2c3ccccc3Sc3ccccc32)cc(OC)c1. The summed E-state index contributed by atoms with van der Waals surface area (Å²) in [6, 6.07) is 21.9. The monoisotopic (exact) mass is 406 g/mol. The van der Waals surface area contributed by atoms with Gasteiger partial charge < -0.3 is 19.7 Å². The van der Waals surface area contributed by atoms with Gasteiger partial charge in [-0.05, 0) is 24.3 Å². The molecule has 3 aromatic rings. The van der Waals surface area contributed by atoms with Gasteiger partial charge in [0.25, 0.3) is 0 Å². The van der Waals surface area contributed by atoms with Crippen LogP contribution in [0.1, 0.15) is 6.42 Å². The van der Waals surface area contributed by atoms with Crippen molar-refractivity contribution in [3.8, 4) is 11.5 Å². The van der Waals surface area contributed by atoms with Crippen LogP contribution in [-0.4, -0.2) is 26.7 Å². The van der Waals surface area contributed by atoms with Crippen LogP contribution in [0.2, 0.25) is 0 Å². The number of nitrogens with one attached hydrogen (secondary N) is 1. The van der Waals surface area contributed by atoms with E-state index in [2.05, 4.69) is 34.5 Å². The number of carbonyl (C=O) groups excluding carboxylic acids is 1. The highest BCUT2D eigenvalue weighted by molar-refractivity contribution is 7.99. The van der Waals surface area contributed by atoms with Gasteiger partial charge in [0.05, 0.1) is 25.6 Å². The van der Waals surface area contributed by atoms with Crippen molar-refractivity contribution in [3.05, 3.63) is 66.7 Å². The first-order valence-electron chi connectivity index (χ1n) is 9.34. The molecule has 1 heterocycles. The molecule has 0 aromatic heterocycles. The minimum atomic E-state index is -0.0616. The molecule has 148 valence electrons. The predicted octanol–water partition coefficient (Wildman–Crippen LogP) is 5.34. The summed E-state index contributed by atoms with van der Waals surface area (Å²) in [4.78, 5) is 17.3. The van der Waals surface area contributed by atoms with Crippen LogP contribution in [0.4, 0.5) is 17.1 Å². The Bertz CT molecular complexity index is 970. The third-order valence-electron chi connectivity index (χ3n) is 4.73. The van der Waals surface area contributed by atoms with E-state index in [-0.39, 0.29) is 5.91 Å². The number of benzene rings is 3. The van der Waals surface area contributed by atoms with Crippen molar-refractivity contribution in [1.82, 2.24) is 0 Å². The predicted molar refractivity (Wildman–Crippen MR) is 117 cm³/mol. The molecule has 1 amide bonds. The van der Waals surface area contributed by atoms with Crippen molar-refractivity contribution in [2.75, 3.05) is 31.0 Å². The fraction of sp³-hybridized carbons (Fsp3) is 0.174. The van der Waals surface area contributed by atoms with Crippen LogP contribution in [0, 0.1) is 0 Å². The number of fused-ring (bicyclic) bond motifs is 2. The average molecular weight is 407 g/mol. The number of methoxy groups -OCH3 is 2. The number of para-hydroxylation sites is 2. The summed E-state index contributed by atoms with van der Waals surface area (Å²) < 4.78 is 10.5. The molecule has 3 aromatic carbocycles. The molecule has 0 radical (unpaired) electrons. The minimum Gasteiger partial charge on any atom is -0.497 e. The van der Waals surface area contributed by atoms with Crippen LogP contribution in [0.25, 0.3) is 0 Å². The molecule has 0 fully saturated rings. The highest BCUT2D eigenvalue weighted by atomic mass is 32.2. The number of amides is 1. The van der Waals surface area contributed by atoms with E-state index in [1.807, 2.05) is 24.3 Å². The van der Waals surface area contributed by atoms with Crippen molar-refractivity contribution in [3.63, 3.8) is 0 Å². The Morgan fingerprint density at radius 1 is 0.897 bits per heavy atom. The zero-order valence-corrected chi connectivity index (χ0v) is 17.2. The third-order valence-corrected chi connectivity index (χ3v) is 5.86. The van der Waals surface area contributed by atoms with E-state index in [0.717, 1.165) is 11.4 Å². The summed E-state index contributed by atoms with van der Waals surface area (Å²) in [5, 5.41) is 2.95. The molecule has 0 saturated carbocycles. The number of hydrogen-bond acceptors (Lipinski definition) is 5. The maximum atomic E-state index is 12.7. The van der Waals surface area contributed by atoms with Gasteiger partial charge in [-0.3, -0.25) is 4.79 Å². The van der Waals surface area contributed by atoms with Gasteiger partial charge in [0, 0.05) is 46.6 Å². The summed E-state index contributed by atoms with van der Waals surface area (Å²) in [6.07, 6.45) is 0.354. The number of carbonyl (C=O) groups is 1. The van der Waals surface area contributed by atoms with Gasteiger partial charge in [-0.15, -0.1) is 0 Å². The molecule has 0 spiro atoms. The molecule has 1 aliphatic rings. The molecular formula is C23H22N2O3S. The molecule has 1 N–H and O–H groups in total. The fourth-order valence-corrected chi connectivity index (χ4v) is 4.43. The highest BCUT2D eigenvalue weighted by Crippen LogP contribution is 2.47. The first-order chi connectivity index (χ1) is 14.2. The van der Waals surface area contributed by atoms with Gasteiger partial charge in [-0.1, -0.05) is 36.0 Å². The topological polar surface area (TPSA) is 50.8 Å². The van der Waals surface area contributed by atoms with Gasteiger partial charge in [-0.25, -0.2) is 0 Å². The fourth-order valence-electron chi connectivity index (χ4n) is 3.34. The quantitative estimate of drug-likeness (QED) is 0.599. The van der Waals surface area contributed by atoms with Crippen molar-refractivity contribution < 1.29 is 14.3 Å². The summed E-state index contributed by atoms with van der Waals surface area (Å²) in [5.41, 5.74) is 2.92. The van der Waals surface area contributed by atoms with E-state index in [9.17, 15) is 4.79 Å². The number of anilines is 3. The lowest BCUT2D eigenvalue weighted by molar-refractivity contribution is -0.116. The maximum absolute atomic E-state index is 12.7. The van der Waals surface area contributed by atoms with Crippen LogP contribution >= 0.6 is 11.8 Å². The number of nitrogens with zero attached hydrogens (tertiary/aromatic N) is 1. The molecule has 5 nitrogen and oxygen atoms in total. The lowest BCUT2D eigenvalue weighted by Gasteiger charge is -2.32. The molecule has 0 bridgehead atoms. The van der Waals surface area contributed by atoms with E-state index in [4.69, 9.17) is 9.47 Å². The molecule has 0 aliphatic carbocycles. The van der Waals surface area contributed by atoms with Gasteiger partial charge in [-0.2, -0.15) is 0 Å². The molecular weight excluding hydrogens is 384 g/mol. The second kappa shape index (κ2) is 8.49. The smallest absolute Gasteiger partial charge is 0.226 e. The Labute approximate surface area is 174 Å². The van der Waals surface area contributed by atoms with Crippen LogP contribution in [0.5, 0.6) is 11.5 Å². The highest BCUT2D eigenvalue weighted by Gasteiger charge is 2.23. The second-order valence-electron chi connectivity index (χ2n) is 6.59. The van der Waals surface area contributed by atoms with Crippen LogP contribution in [0.15, 0.2) is 76.5 Å². The maximum Gasteiger partial charge on any atom is 0.226 e. The van der Waals surface area contributed by atoms with E-state index in [1.165, 1.54) is 9.79 Å². The zero-order chi connectivity index (χ0) is 20.2. The Morgan fingerprint density at radius 3 is 2.00 bits per heavy atom. The van der Waals surface area contributed by atoms with E-state index in [0.29, 0.717) is 30.2 Å². The van der Waals surface area contributed by atoms with Crippen LogP contribution in [0.3, 0.4) is 0 Å². The summed E-state index contributed by atoms with van der Waals surface area (Å²) >= 11 is 1.76. The Morgan fingerprint density at radius 2 is 1.45 bits per heavy atom. The average Bonchev–Trinajstić information content (AvgIpc) is 2.76. The Kier molecular flexibility index (Phi) is 5.62. The third kappa shape index (κ3) is 4.17. The second-order valence-corrected chi connectivity index (χ2v) is 7.67. The standard InChI is InChI=1S/C23H22N2O3S/c1-27-17-13-16(14-18(15-17)28-2)24-23(26)11-12-25-19-7-3-5-9-21(19)29-22-10-6-4-8-20(22)25/h3-10,13-15H,11-12H2,1-2H3,(H,24,26). The van der Waals surface area contributed by atoms with E-state index >= 15 is 0 Å². The molecule has 0 saturated heterocycles. The number of rotatable bonds is 6. The molecule has 0 atom stereocenters. The molecule has 4 rings (SSSR count).